The summed E-state index contributed by atoms with van der Waals surface area (Å²) in [6.45, 7) is 4.01. The third-order valence-corrected chi connectivity index (χ3v) is 4.75. The van der Waals surface area contributed by atoms with Crippen molar-refractivity contribution in [1.82, 2.24) is 21.3 Å². The molecule has 14 heteroatoms. The van der Waals surface area contributed by atoms with Gasteiger partial charge >= 0.3 is 18.0 Å². The first-order valence-electron chi connectivity index (χ1n) is 10.9. The number of carboxylic acids is 2. The number of carbonyl (C=O) groups excluding carboxylic acids is 4. The van der Waals surface area contributed by atoms with Crippen molar-refractivity contribution in [3.8, 4) is 0 Å². The third kappa shape index (κ3) is 10.7. The Morgan fingerprint density at radius 3 is 2.06 bits per heavy atom. The summed E-state index contributed by atoms with van der Waals surface area (Å²) in [5.41, 5.74) is 6.83. The highest BCUT2D eigenvalue weighted by Gasteiger charge is 2.29. The van der Waals surface area contributed by atoms with E-state index in [1.165, 1.54) is 6.92 Å². The van der Waals surface area contributed by atoms with Crippen LogP contribution in [0.4, 0.5) is 10.5 Å². The van der Waals surface area contributed by atoms with Gasteiger partial charge in [-0.2, -0.15) is 0 Å². The molecule has 0 spiro atoms. The number of alkyl carbamates (subject to hydrolysis) is 1. The van der Waals surface area contributed by atoms with Gasteiger partial charge in [0.05, 0.1) is 6.42 Å². The number of anilines is 1. The maximum absolute atomic E-state index is 12.6. The highest BCUT2D eigenvalue weighted by Crippen LogP contribution is 2.07. The standard InChI is InChI=1S/C22H31N5O9/c1-11(2)18(20(32)25-12(3)19(31)26-15(21(33)34)8-17(29)30)27-16(28)9-24-22(35)36-10-13-4-6-14(23)7-5-13/h4-7,11-12,15,18H,8-10,23H2,1-3H3,(H,24,35)(H,25,32)(H,26,31)(H,27,28)(H,29,30)(H,33,34)/t12-,15-,18-/m0/s1. The number of hydrogen-bond donors (Lipinski definition) is 7. The summed E-state index contributed by atoms with van der Waals surface area (Å²) >= 11 is 0. The second-order valence-corrected chi connectivity index (χ2v) is 8.19. The molecule has 0 bridgehead atoms. The molecule has 0 radical (unpaired) electrons. The normalized spacial score (nSPS) is 13.0. The number of benzene rings is 1. The minimum Gasteiger partial charge on any atom is -0.481 e. The Morgan fingerprint density at radius 2 is 1.53 bits per heavy atom. The number of amides is 4. The molecule has 8 N–H and O–H groups in total. The summed E-state index contributed by atoms with van der Waals surface area (Å²) in [7, 11) is 0. The van der Waals surface area contributed by atoms with Crippen molar-refractivity contribution in [2.24, 2.45) is 5.92 Å². The second kappa shape index (κ2) is 14.1. The average molecular weight is 510 g/mol. The van der Waals surface area contributed by atoms with E-state index in [0.717, 1.165) is 0 Å². The van der Waals surface area contributed by atoms with Gasteiger partial charge < -0.3 is 42.0 Å². The summed E-state index contributed by atoms with van der Waals surface area (Å²) in [5, 5.41) is 26.9. The van der Waals surface area contributed by atoms with Crippen molar-refractivity contribution in [1.29, 1.82) is 0 Å². The molecule has 1 aromatic carbocycles. The van der Waals surface area contributed by atoms with Gasteiger partial charge in [-0.05, 0) is 30.5 Å². The van der Waals surface area contributed by atoms with Gasteiger partial charge in [-0.25, -0.2) is 9.59 Å². The Labute approximate surface area is 206 Å². The maximum Gasteiger partial charge on any atom is 0.407 e. The number of ether oxygens (including phenoxy) is 1. The van der Waals surface area contributed by atoms with Crippen molar-refractivity contribution in [3.63, 3.8) is 0 Å². The molecule has 1 rings (SSSR count). The molecule has 1 aromatic rings. The minimum atomic E-state index is -1.68. The Morgan fingerprint density at radius 1 is 0.917 bits per heavy atom. The molecule has 0 aliphatic heterocycles. The molecule has 0 fully saturated rings. The van der Waals surface area contributed by atoms with Crippen LogP contribution >= 0.6 is 0 Å². The number of nitrogens with one attached hydrogen (secondary N) is 4. The summed E-state index contributed by atoms with van der Waals surface area (Å²) in [6.07, 6.45) is -1.70. The van der Waals surface area contributed by atoms with E-state index >= 15 is 0 Å². The van der Waals surface area contributed by atoms with Crippen molar-refractivity contribution in [2.75, 3.05) is 12.3 Å². The molecule has 4 amide bonds. The molecule has 0 unspecified atom stereocenters. The van der Waals surface area contributed by atoms with Gasteiger partial charge in [-0.3, -0.25) is 19.2 Å². The molecule has 0 saturated carbocycles. The van der Waals surface area contributed by atoms with Crippen LogP contribution in [0.1, 0.15) is 32.8 Å². The van der Waals surface area contributed by atoms with E-state index in [9.17, 15) is 28.8 Å². The van der Waals surface area contributed by atoms with Crippen LogP contribution in [0, 0.1) is 5.92 Å². The number of rotatable bonds is 13. The van der Waals surface area contributed by atoms with E-state index in [-0.39, 0.29) is 6.61 Å². The maximum atomic E-state index is 12.6. The second-order valence-electron chi connectivity index (χ2n) is 8.19. The van der Waals surface area contributed by atoms with Gasteiger partial charge in [0.25, 0.3) is 0 Å². The van der Waals surface area contributed by atoms with Crippen LogP contribution in [-0.2, 0) is 35.3 Å². The summed E-state index contributed by atoms with van der Waals surface area (Å²) in [5.74, 6) is -5.74. The van der Waals surface area contributed by atoms with Crippen LogP contribution in [-0.4, -0.2) is 70.6 Å². The zero-order valence-electron chi connectivity index (χ0n) is 20.1. The molecule has 0 aromatic heterocycles. The summed E-state index contributed by atoms with van der Waals surface area (Å²) in [6, 6.07) is 2.65. The molecular weight excluding hydrogens is 478 g/mol. The first-order valence-corrected chi connectivity index (χ1v) is 10.9. The van der Waals surface area contributed by atoms with E-state index in [1.807, 2.05) is 5.32 Å². The smallest absolute Gasteiger partial charge is 0.407 e. The predicted molar refractivity (Wildman–Crippen MR) is 125 cm³/mol. The zero-order valence-corrected chi connectivity index (χ0v) is 20.1. The van der Waals surface area contributed by atoms with Gasteiger partial charge in [0.15, 0.2) is 0 Å². The number of aliphatic carboxylic acids is 2. The fourth-order valence-electron chi connectivity index (χ4n) is 2.77. The highest BCUT2D eigenvalue weighted by atomic mass is 16.5. The van der Waals surface area contributed by atoms with Crippen LogP contribution in [0.5, 0.6) is 0 Å². The van der Waals surface area contributed by atoms with Gasteiger partial charge in [-0.15, -0.1) is 0 Å². The Balaban J connectivity index is 2.56. The van der Waals surface area contributed by atoms with Crippen molar-refractivity contribution < 1.29 is 43.7 Å². The lowest BCUT2D eigenvalue weighted by Crippen LogP contribution is -2.57. The Kier molecular flexibility index (Phi) is 11.6. The number of hydrogen-bond acceptors (Lipinski definition) is 8. The summed E-state index contributed by atoms with van der Waals surface area (Å²) in [4.78, 5) is 70.8. The van der Waals surface area contributed by atoms with Crippen molar-refractivity contribution in [2.45, 2.75) is 51.9 Å². The third-order valence-electron chi connectivity index (χ3n) is 4.75. The molecule has 36 heavy (non-hydrogen) atoms. The number of nitrogens with two attached hydrogens (primary N) is 1. The predicted octanol–water partition coefficient (Wildman–Crippen LogP) is -0.815. The van der Waals surface area contributed by atoms with Crippen molar-refractivity contribution in [3.05, 3.63) is 29.8 Å². The monoisotopic (exact) mass is 509 g/mol. The van der Waals surface area contributed by atoms with Crippen LogP contribution < -0.4 is 27.0 Å². The zero-order chi connectivity index (χ0) is 27.4. The highest BCUT2D eigenvalue weighted by molar-refractivity contribution is 5.94. The van der Waals surface area contributed by atoms with E-state index in [1.54, 1.807) is 38.1 Å². The van der Waals surface area contributed by atoms with E-state index in [2.05, 4.69) is 16.0 Å². The van der Waals surface area contributed by atoms with Crippen LogP contribution in [0.3, 0.4) is 0 Å². The average Bonchev–Trinajstić information content (AvgIpc) is 2.79. The quantitative estimate of drug-likeness (QED) is 0.164. The first-order chi connectivity index (χ1) is 16.8. The Bertz CT molecular complexity index is 965. The molecule has 3 atom stereocenters. The minimum absolute atomic E-state index is 0.0418. The van der Waals surface area contributed by atoms with Gasteiger partial charge in [0.1, 0.15) is 31.3 Å². The van der Waals surface area contributed by atoms with E-state index in [0.29, 0.717) is 11.3 Å². The topological polar surface area (TPSA) is 226 Å². The molecule has 14 nitrogen and oxygen atoms in total. The first kappa shape index (κ1) is 29.7. The van der Waals surface area contributed by atoms with Gasteiger partial charge in [-0.1, -0.05) is 26.0 Å². The van der Waals surface area contributed by atoms with Crippen LogP contribution in [0.15, 0.2) is 24.3 Å². The van der Waals surface area contributed by atoms with E-state index < -0.39 is 72.8 Å². The summed E-state index contributed by atoms with van der Waals surface area (Å²) < 4.78 is 5.00. The number of carbonyl (C=O) groups is 6. The fourth-order valence-corrected chi connectivity index (χ4v) is 2.77. The molecule has 198 valence electrons. The SMILES string of the molecule is CC(C)[C@H](NC(=O)CNC(=O)OCc1ccc(N)cc1)C(=O)N[C@@H](C)C(=O)N[C@@H](CC(=O)O)C(=O)O. The van der Waals surface area contributed by atoms with Crippen LogP contribution in [0.2, 0.25) is 0 Å². The Hall–Kier alpha value is -4.36. The molecule has 0 heterocycles. The molecule has 0 aliphatic carbocycles. The lowest BCUT2D eigenvalue weighted by atomic mass is 10.0. The van der Waals surface area contributed by atoms with Crippen LogP contribution in [0.25, 0.3) is 0 Å². The lowest BCUT2D eigenvalue weighted by Gasteiger charge is -2.24. The molecular formula is C22H31N5O9. The number of carboxylic acid groups (broad SMARTS) is 2. The largest absolute Gasteiger partial charge is 0.481 e. The van der Waals surface area contributed by atoms with Gasteiger partial charge in [0.2, 0.25) is 17.7 Å². The fraction of sp³-hybridized carbons (Fsp3) is 0.455. The van der Waals surface area contributed by atoms with Gasteiger partial charge in [0, 0.05) is 5.69 Å². The van der Waals surface area contributed by atoms with Crippen molar-refractivity contribution >= 4 is 41.4 Å². The van der Waals surface area contributed by atoms with E-state index in [4.69, 9.17) is 20.7 Å². The molecule has 0 aliphatic rings. The number of nitrogen functional groups attached to an aromatic ring is 1. The lowest BCUT2D eigenvalue weighted by molar-refractivity contribution is -0.147. The molecule has 0 saturated heterocycles.